The van der Waals surface area contributed by atoms with E-state index in [9.17, 15) is 0 Å². The van der Waals surface area contributed by atoms with Crippen LogP contribution in [0.15, 0.2) is 24.3 Å². The lowest BCUT2D eigenvalue weighted by molar-refractivity contribution is 0.197. The predicted molar refractivity (Wildman–Crippen MR) is 80.7 cm³/mol. The zero-order valence-corrected chi connectivity index (χ0v) is 12.4. The van der Waals surface area contributed by atoms with Crippen molar-refractivity contribution >= 4 is 21.6 Å². The monoisotopic (exact) mass is 279 g/mol. The van der Waals surface area contributed by atoms with Crippen LogP contribution in [0, 0.1) is 0 Å². The van der Waals surface area contributed by atoms with Crippen molar-refractivity contribution in [3.8, 4) is 0 Å². The molecule has 0 radical (unpaired) electrons. The Bertz CT molecular complexity index is 467. The first kappa shape index (κ1) is 14.4. The number of likely N-dealkylation sites (N-methyl/N-ethyl adjacent to an activating group) is 1. The van der Waals surface area contributed by atoms with E-state index < -0.39 is 0 Å². The summed E-state index contributed by atoms with van der Waals surface area (Å²) in [6.07, 6.45) is 0. The first-order chi connectivity index (χ1) is 9.29. The second-order valence-corrected chi connectivity index (χ2v) is 5.67. The van der Waals surface area contributed by atoms with E-state index in [2.05, 4.69) is 40.4 Å². The largest absolute Gasteiger partial charge is 0.383 e. The maximum atomic E-state index is 4.99. The molecule has 1 aromatic carbocycles. The molecule has 1 aromatic heterocycles. The summed E-state index contributed by atoms with van der Waals surface area (Å²) in [6, 6.07) is 8.30. The Hall–Kier alpha value is -1.01. The summed E-state index contributed by atoms with van der Waals surface area (Å²) in [7, 11) is 3.85. The zero-order valence-electron chi connectivity index (χ0n) is 11.6. The molecule has 4 nitrogen and oxygen atoms in total. The summed E-state index contributed by atoms with van der Waals surface area (Å²) in [5.41, 5.74) is 1.11. The fourth-order valence-electron chi connectivity index (χ4n) is 1.87. The fraction of sp³-hybridized carbons (Fsp3) is 0.500. The molecule has 0 amide bonds. The molecule has 0 spiro atoms. The number of thiazole rings is 1. The van der Waals surface area contributed by atoms with Gasteiger partial charge in [0, 0.05) is 26.7 Å². The third kappa shape index (κ3) is 4.54. The molecule has 0 aliphatic rings. The highest BCUT2D eigenvalue weighted by molar-refractivity contribution is 7.18. The molecule has 0 unspecified atom stereocenters. The third-order valence-electron chi connectivity index (χ3n) is 2.90. The number of methoxy groups -OCH3 is 1. The summed E-state index contributed by atoms with van der Waals surface area (Å²) in [6.45, 7) is 4.57. The summed E-state index contributed by atoms with van der Waals surface area (Å²) >= 11 is 1.78. The molecule has 0 saturated heterocycles. The fourth-order valence-corrected chi connectivity index (χ4v) is 2.91. The average molecular weight is 279 g/mol. The maximum absolute atomic E-state index is 4.99. The van der Waals surface area contributed by atoms with Gasteiger partial charge in [0.15, 0.2) is 0 Å². The van der Waals surface area contributed by atoms with Crippen molar-refractivity contribution < 1.29 is 4.74 Å². The maximum Gasteiger partial charge on any atom is 0.108 e. The van der Waals surface area contributed by atoms with E-state index in [0.717, 1.165) is 38.3 Å². The van der Waals surface area contributed by atoms with Crippen molar-refractivity contribution in [2.45, 2.75) is 6.54 Å². The van der Waals surface area contributed by atoms with Gasteiger partial charge in [-0.3, -0.25) is 4.90 Å². The number of hydrogen-bond acceptors (Lipinski definition) is 5. The summed E-state index contributed by atoms with van der Waals surface area (Å²) < 4.78 is 6.26. The molecule has 0 bridgehead atoms. The molecule has 0 aliphatic carbocycles. The minimum Gasteiger partial charge on any atom is -0.383 e. The summed E-state index contributed by atoms with van der Waals surface area (Å²) in [5, 5.41) is 4.53. The van der Waals surface area contributed by atoms with Crippen LogP contribution in [0.3, 0.4) is 0 Å². The molecule has 104 valence electrons. The van der Waals surface area contributed by atoms with Crippen LogP contribution in [0.25, 0.3) is 10.2 Å². The second-order valence-electron chi connectivity index (χ2n) is 4.56. The lowest BCUT2D eigenvalue weighted by Crippen LogP contribution is -2.30. The van der Waals surface area contributed by atoms with E-state index in [0.29, 0.717) is 0 Å². The molecular formula is C14H21N3OS. The Balaban J connectivity index is 1.76. The number of benzene rings is 1. The van der Waals surface area contributed by atoms with Crippen LogP contribution in [0.2, 0.25) is 0 Å². The molecule has 5 heteroatoms. The SMILES string of the molecule is COCCNCCN(C)Cc1nc2ccccc2s1. The zero-order chi connectivity index (χ0) is 13.5. The van der Waals surface area contributed by atoms with Crippen LogP contribution in [0.1, 0.15) is 5.01 Å². The van der Waals surface area contributed by atoms with Crippen molar-refractivity contribution in [1.82, 2.24) is 15.2 Å². The molecule has 0 aliphatic heterocycles. The van der Waals surface area contributed by atoms with E-state index in [1.165, 1.54) is 9.71 Å². The molecule has 2 rings (SSSR count). The van der Waals surface area contributed by atoms with Gasteiger partial charge in [-0.25, -0.2) is 4.98 Å². The average Bonchev–Trinajstić information content (AvgIpc) is 2.80. The Labute approximate surface area is 118 Å². The van der Waals surface area contributed by atoms with Crippen molar-refractivity contribution in [3.63, 3.8) is 0 Å². The number of rotatable bonds is 8. The molecule has 2 aromatic rings. The lowest BCUT2D eigenvalue weighted by Gasteiger charge is -2.15. The van der Waals surface area contributed by atoms with Crippen LogP contribution >= 0.6 is 11.3 Å². The predicted octanol–water partition coefficient (Wildman–Crippen LogP) is 1.96. The quantitative estimate of drug-likeness (QED) is 0.750. The van der Waals surface area contributed by atoms with Crippen molar-refractivity contribution in [1.29, 1.82) is 0 Å². The Morgan fingerprint density at radius 1 is 1.32 bits per heavy atom. The molecule has 19 heavy (non-hydrogen) atoms. The number of fused-ring (bicyclic) bond motifs is 1. The van der Waals surface area contributed by atoms with Crippen LogP contribution < -0.4 is 5.32 Å². The minimum absolute atomic E-state index is 0.765. The van der Waals surface area contributed by atoms with Gasteiger partial charge in [-0.1, -0.05) is 12.1 Å². The molecule has 1 heterocycles. The first-order valence-electron chi connectivity index (χ1n) is 6.52. The van der Waals surface area contributed by atoms with Gasteiger partial charge in [-0.05, 0) is 19.2 Å². The van der Waals surface area contributed by atoms with E-state index in [1.807, 2.05) is 6.07 Å². The molecule has 0 atom stereocenters. The highest BCUT2D eigenvalue weighted by atomic mass is 32.1. The van der Waals surface area contributed by atoms with Gasteiger partial charge in [-0.2, -0.15) is 0 Å². The number of hydrogen-bond donors (Lipinski definition) is 1. The highest BCUT2D eigenvalue weighted by Gasteiger charge is 2.05. The molecule has 0 saturated carbocycles. The third-order valence-corrected chi connectivity index (χ3v) is 3.92. The molecule has 1 N–H and O–H groups in total. The first-order valence-corrected chi connectivity index (χ1v) is 7.34. The van der Waals surface area contributed by atoms with Crippen LogP contribution in [-0.4, -0.2) is 50.3 Å². The van der Waals surface area contributed by atoms with E-state index in [4.69, 9.17) is 4.74 Å². The van der Waals surface area contributed by atoms with E-state index in [1.54, 1.807) is 18.4 Å². The standard InChI is InChI=1S/C14H21N3OS/c1-17(9-7-15-8-10-18-2)11-14-16-12-5-3-4-6-13(12)19-14/h3-6,15H,7-11H2,1-2H3. The summed E-state index contributed by atoms with van der Waals surface area (Å²) in [5.74, 6) is 0. The van der Waals surface area contributed by atoms with Gasteiger partial charge < -0.3 is 10.1 Å². The van der Waals surface area contributed by atoms with E-state index >= 15 is 0 Å². The van der Waals surface area contributed by atoms with Crippen LogP contribution in [0.4, 0.5) is 0 Å². The Morgan fingerprint density at radius 2 is 2.16 bits per heavy atom. The molecular weight excluding hydrogens is 258 g/mol. The summed E-state index contributed by atoms with van der Waals surface area (Å²) in [4.78, 5) is 6.94. The number of para-hydroxylation sites is 1. The van der Waals surface area contributed by atoms with Gasteiger partial charge in [0.2, 0.25) is 0 Å². The van der Waals surface area contributed by atoms with E-state index in [-0.39, 0.29) is 0 Å². The second kappa shape index (κ2) is 7.55. The lowest BCUT2D eigenvalue weighted by atomic mass is 10.3. The number of aromatic nitrogens is 1. The van der Waals surface area contributed by atoms with Crippen LogP contribution in [-0.2, 0) is 11.3 Å². The van der Waals surface area contributed by atoms with Crippen molar-refractivity contribution in [2.75, 3.05) is 40.4 Å². The molecule has 0 fully saturated rings. The van der Waals surface area contributed by atoms with Crippen LogP contribution in [0.5, 0.6) is 0 Å². The van der Waals surface area contributed by atoms with Crippen molar-refractivity contribution in [3.05, 3.63) is 29.3 Å². The van der Waals surface area contributed by atoms with Gasteiger partial charge in [0.05, 0.1) is 23.4 Å². The van der Waals surface area contributed by atoms with Gasteiger partial charge in [0.25, 0.3) is 0 Å². The Kier molecular flexibility index (Phi) is 5.72. The smallest absolute Gasteiger partial charge is 0.108 e. The normalized spacial score (nSPS) is 11.5. The number of nitrogens with zero attached hydrogens (tertiary/aromatic N) is 2. The number of ether oxygens (including phenoxy) is 1. The Morgan fingerprint density at radius 3 is 2.95 bits per heavy atom. The number of nitrogens with one attached hydrogen (secondary N) is 1. The topological polar surface area (TPSA) is 37.4 Å². The van der Waals surface area contributed by atoms with Crippen molar-refractivity contribution in [2.24, 2.45) is 0 Å². The minimum atomic E-state index is 0.765. The van der Waals surface area contributed by atoms with Gasteiger partial charge in [-0.15, -0.1) is 11.3 Å². The highest BCUT2D eigenvalue weighted by Crippen LogP contribution is 2.22. The van der Waals surface area contributed by atoms with Gasteiger partial charge in [0.1, 0.15) is 5.01 Å². The van der Waals surface area contributed by atoms with Gasteiger partial charge >= 0.3 is 0 Å².